The molecule has 0 radical (unpaired) electrons. The Balaban J connectivity index is 2.05. The fourth-order valence-electron chi connectivity index (χ4n) is 1.92. The van der Waals surface area contributed by atoms with Crippen LogP contribution in [0.4, 0.5) is 0 Å². The van der Waals surface area contributed by atoms with Gasteiger partial charge in [-0.15, -0.1) is 0 Å². The van der Waals surface area contributed by atoms with E-state index < -0.39 is 10.0 Å². The van der Waals surface area contributed by atoms with Crippen LogP contribution in [0.1, 0.15) is 18.2 Å². The normalized spacial score (nSPS) is 12.2. The second-order valence-electron chi connectivity index (χ2n) is 4.82. The standard InChI is InChI=1S/C15H20N4O3S/c1-2-17-15(19-11-13-6-4-8-22-13)18-10-12-5-3-7-14(9-12)23(16,20)21/h3-9H,2,10-11H2,1H3,(H2,16,20,21)(H2,17,18,19). The van der Waals surface area contributed by atoms with E-state index in [1.54, 1.807) is 18.4 Å². The van der Waals surface area contributed by atoms with E-state index in [9.17, 15) is 8.42 Å². The van der Waals surface area contributed by atoms with Crippen LogP contribution in [-0.2, 0) is 23.1 Å². The summed E-state index contributed by atoms with van der Waals surface area (Å²) in [7, 11) is -3.71. The number of hydrogen-bond donors (Lipinski definition) is 3. The van der Waals surface area contributed by atoms with Crippen molar-refractivity contribution in [3.05, 3.63) is 54.0 Å². The average Bonchev–Trinajstić information content (AvgIpc) is 3.03. The van der Waals surface area contributed by atoms with Gasteiger partial charge in [0.25, 0.3) is 0 Å². The third kappa shape index (κ3) is 5.42. The van der Waals surface area contributed by atoms with Crippen LogP contribution in [0.3, 0.4) is 0 Å². The molecule has 23 heavy (non-hydrogen) atoms. The van der Waals surface area contributed by atoms with Crippen molar-refractivity contribution in [1.29, 1.82) is 0 Å². The summed E-state index contributed by atoms with van der Waals surface area (Å²) in [6, 6.07) is 10.1. The molecule has 0 spiro atoms. The van der Waals surface area contributed by atoms with Crippen LogP contribution >= 0.6 is 0 Å². The topological polar surface area (TPSA) is 110 Å². The third-order valence-corrected chi connectivity index (χ3v) is 3.91. The van der Waals surface area contributed by atoms with Crippen molar-refractivity contribution in [2.75, 3.05) is 6.54 Å². The van der Waals surface area contributed by atoms with Gasteiger partial charge in [-0.05, 0) is 36.8 Å². The SMILES string of the molecule is CCNC(=NCc1cccc(S(N)(=O)=O)c1)NCc1ccco1. The van der Waals surface area contributed by atoms with Crippen molar-refractivity contribution in [3.63, 3.8) is 0 Å². The van der Waals surface area contributed by atoms with Crippen LogP contribution < -0.4 is 15.8 Å². The van der Waals surface area contributed by atoms with Crippen molar-refractivity contribution in [2.45, 2.75) is 24.9 Å². The Labute approximate surface area is 135 Å². The highest BCUT2D eigenvalue weighted by molar-refractivity contribution is 7.89. The molecular formula is C15H20N4O3S. The summed E-state index contributed by atoms with van der Waals surface area (Å²) in [6.07, 6.45) is 1.61. The van der Waals surface area contributed by atoms with Gasteiger partial charge in [-0.2, -0.15) is 0 Å². The van der Waals surface area contributed by atoms with E-state index in [1.807, 2.05) is 19.1 Å². The molecular weight excluding hydrogens is 316 g/mol. The molecule has 0 bridgehead atoms. The maximum absolute atomic E-state index is 11.4. The van der Waals surface area contributed by atoms with Gasteiger partial charge < -0.3 is 15.1 Å². The van der Waals surface area contributed by atoms with Crippen molar-refractivity contribution in [2.24, 2.45) is 10.1 Å². The molecule has 8 heteroatoms. The first-order valence-corrected chi connectivity index (χ1v) is 8.70. The highest BCUT2D eigenvalue weighted by Gasteiger charge is 2.07. The molecule has 1 heterocycles. The van der Waals surface area contributed by atoms with E-state index in [-0.39, 0.29) is 4.90 Å². The second kappa shape index (κ2) is 7.80. The lowest BCUT2D eigenvalue weighted by Crippen LogP contribution is -2.36. The molecule has 0 aliphatic heterocycles. The van der Waals surface area contributed by atoms with E-state index in [0.29, 0.717) is 25.6 Å². The number of aliphatic imine (C=N–C) groups is 1. The lowest BCUT2D eigenvalue weighted by molar-refractivity contribution is 0.501. The quantitative estimate of drug-likeness (QED) is 0.542. The summed E-state index contributed by atoms with van der Waals surface area (Å²) in [5.74, 6) is 1.41. The van der Waals surface area contributed by atoms with Gasteiger partial charge in [0.15, 0.2) is 5.96 Å². The van der Waals surface area contributed by atoms with Crippen molar-refractivity contribution in [3.8, 4) is 0 Å². The molecule has 124 valence electrons. The second-order valence-corrected chi connectivity index (χ2v) is 6.38. The first kappa shape index (κ1) is 17.0. The van der Waals surface area contributed by atoms with Crippen LogP contribution in [-0.4, -0.2) is 20.9 Å². The van der Waals surface area contributed by atoms with Gasteiger partial charge in [-0.1, -0.05) is 12.1 Å². The largest absolute Gasteiger partial charge is 0.467 e. The van der Waals surface area contributed by atoms with E-state index in [0.717, 1.165) is 11.3 Å². The predicted octanol–water partition coefficient (Wildman–Crippen LogP) is 1.18. The summed E-state index contributed by atoms with van der Waals surface area (Å²) in [4.78, 5) is 4.51. The minimum atomic E-state index is -3.71. The molecule has 0 fully saturated rings. The van der Waals surface area contributed by atoms with Gasteiger partial charge in [0.2, 0.25) is 10.0 Å². The molecule has 1 aromatic heterocycles. The van der Waals surface area contributed by atoms with Gasteiger partial charge in [0.05, 0.1) is 24.2 Å². The number of nitrogens with one attached hydrogen (secondary N) is 2. The van der Waals surface area contributed by atoms with Crippen molar-refractivity contribution < 1.29 is 12.8 Å². The fourth-order valence-corrected chi connectivity index (χ4v) is 2.50. The maximum Gasteiger partial charge on any atom is 0.238 e. The molecule has 0 aliphatic carbocycles. The number of hydrogen-bond acceptors (Lipinski definition) is 4. The van der Waals surface area contributed by atoms with Gasteiger partial charge in [0.1, 0.15) is 5.76 Å². The van der Waals surface area contributed by atoms with E-state index in [2.05, 4.69) is 15.6 Å². The van der Waals surface area contributed by atoms with Crippen LogP contribution in [0.15, 0.2) is 57.0 Å². The maximum atomic E-state index is 11.4. The molecule has 4 N–H and O–H groups in total. The van der Waals surface area contributed by atoms with E-state index in [1.165, 1.54) is 12.1 Å². The van der Waals surface area contributed by atoms with Crippen LogP contribution in [0, 0.1) is 0 Å². The summed E-state index contributed by atoms with van der Waals surface area (Å²) in [5.41, 5.74) is 0.756. The molecule has 1 aromatic carbocycles. The number of nitrogens with zero attached hydrogens (tertiary/aromatic N) is 1. The smallest absolute Gasteiger partial charge is 0.238 e. The molecule has 0 atom stereocenters. The number of guanidine groups is 1. The molecule has 0 aliphatic rings. The van der Waals surface area contributed by atoms with Crippen molar-refractivity contribution >= 4 is 16.0 Å². The Kier molecular flexibility index (Phi) is 5.78. The Morgan fingerprint density at radius 1 is 1.26 bits per heavy atom. The fraction of sp³-hybridized carbons (Fsp3) is 0.267. The minimum Gasteiger partial charge on any atom is -0.467 e. The summed E-state index contributed by atoms with van der Waals surface area (Å²) in [6.45, 7) is 3.51. The zero-order chi connectivity index (χ0) is 16.7. The monoisotopic (exact) mass is 336 g/mol. The highest BCUT2D eigenvalue weighted by Crippen LogP contribution is 2.10. The van der Waals surface area contributed by atoms with Gasteiger partial charge in [0, 0.05) is 6.54 Å². The first-order valence-electron chi connectivity index (χ1n) is 7.15. The molecule has 0 saturated carbocycles. The Morgan fingerprint density at radius 3 is 2.74 bits per heavy atom. The van der Waals surface area contributed by atoms with Crippen LogP contribution in [0.5, 0.6) is 0 Å². The van der Waals surface area contributed by atoms with Gasteiger partial charge in [-0.3, -0.25) is 0 Å². The van der Waals surface area contributed by atoms with Gasteiger partial charge >= 0.3 is 0 Å². The third-order valence-electron chi connectivity index (χ3n) is 3.00. The Morgan fingerprint density at radius 2 is 2.09 bits per heavy atom. The minimum absolute atomic E-state index is 0.0822. The summed E-state index contributed by atoms with van der Waals surface area (Å²) in [5, 5.41) is 11.4. The predicted molar refractivity (Wildman–Crippen MR) is 88.2 cm³/mol. The van der Waals surface area contributed by atoms with Gasteiger partial charge in [-0.25, -0.2) is 18.5 Å². The Bertz CT molecular complexity index is 755. The highest BCUT2D eigenvalue weighted by atomic mass is 32.2. The molecule has 0 amide bonds. The number of benzene rings is 1. The van der Waals surface area contributed by atoms with Crippen LogP contribution in [0.25, 0.3) is 0 Å². The average molecular weight is 336 g/mol. The van der Waals surface area contributed by atoms with Crippen LogP contribution in [0.2, 0.25) is 0 Å². The molecule has 0 saturated heterocycles. The molecule has 2 rings (SSSR count). The summed E-state index contributed by atoms with van der Waals surface area (Å²) < 4.78 is 28.0. The zero-order valence-corrected chi connectivity index (χ0v) is 13.6. The number of sulfonamides is 1. The molecule has 2 aromatic rings. The molecule has 0 unspecified atom stereocenters. The number of rotatable bonds is 6. The number of primary sulfonamides is 1. The number of furan rings is 1. The Hall–Kier alpha value is -2.32. The lowest BCUT2D eigenvalue weighted by atomic mass is 10.2. The summed E-state index contributed by atoms with van der Waals surface area (Å²) >= 11 is 0. The first-order chi connectivity index (χ1) is 11.0. The lowest BCUT2D eigenvalue weighted by Gasteiger charge is -2.10. The molecule has 7 nitrogen and oxygen atoms in total. The number of nitrogens with two attached hydrogens (primary N) is 1. The van der Waals surface area contributed by atoms with E-state index >= 15 is 0 Å². The van der Waals surface area contributed by atoms with Crippen molar-refractivity contribution in [1.82, 2.24) is 10.6 Å². The zero-order valence-electron chi connectivity index (χ0n) is 12.8. The van der Waals surface area contributed by atoms with E-state index in [4.69, 9.17) is 9.56 Å².